The summed E-state index contributed by atoms with van der Waals surface area (Å²) in [6, 6.07) is 22.2. The number of carbonyl (C=O) groups is 2. The molecule has 0 amide bonds. The van der Waals surface area contributed by atoms with Gasteiger partial charge in [0, 0.05) is 10.8 Å². The van der Waals surface area contributed by atoms with Crippen LogP contribution in [0.25, 0.3) is 21.8 Å². The summed E-state index contributed by atoms with van der Waals surface area (Å²) in [7, 11) is 1.34. The summed E-state index contributed by atoms with van der Waals surface area (Å²) in [5.41, 5.74) is 2.76. The van der Waals surface area contributed by atoms with E-state index in [1.165, 1.54) is 11.7 Å². The maximum atomic E-state index is 12.8. The van der Waals surface area contributed by atoms with Crippen LogP contribution >= 0.6 is 0 Å². The zero-order valence-electron chi connectivity index (χ0n) is 14.7. The molecular weight excluding hydrogens is 342 g/mol. The van der Waals surface area contributed by atoms with Crippen molar-refractivity contribution in [3.8, 4) is 0 Å². The minimum absolute atomic E-state index is 0.188. The highest BCUT2D eigenvalue weighted by Crippen LogP contribution is 2.30. The summed E-state index contributed by atoms with van der Waals surface area (Å²) >= 11 is 0. The minimum atomic E-state index is -0.462. The molecule has 0 unspecified atom stereocenters. The van der Waals surface area contributed by atoms with Gasteiger partial charge in [0.1, 0.15) is 6.61 Å². The number of nitrogens with zero attached hydrogens (tertiary/aromatic N) is 1. The number of ether oxygens (including phenoxy) is 2. The first-order valence-corrected chi connectivity index (χ1v) is 8.51. The second-order valence-corrected chi connectivity index (χ2v) is 6.12. The number of rotatable bonds is 3. The van der Waals surface area contributed by atoms with Crippen LogP contribution in [0.3, 0.4) is 0 Å². The van der Waals surface area contributed by atoms with E-state index in [1.807, 2.05) is 54.6 Å². The number of carbonyl (C=O) groups excluding carboxylic acids is 2. The van der Waals surface area contributed by atoms with E-state index in [0.717, 1.165) is 21.9 Å². The molecule has 1 aromatic heterocycles. The highest BCUT2D eigenvalue weighted by atomic mass is 16.5. The molecule has 0 bridgehead atoms. The molecule has 3 aromatic carbocycles. The van der Waals surface area contributed by atoms with E-state index in [-0.39, 0.29) is 6.61 Å². The van der Waals surface area contributed by atoms with Gasteiger partial charge in [0.05, 0.1) is 23.7 Å². The van der Waals surface area contributed by atoms with Crippen molar-refractivity contribution in [2.45, 2.75) is 6.61 Å². The van der Waals surface area contributed by atoms with Crippen LogP contribution in [0.5, 0.6) is 0 Å². The third-order valence-corrected chi connectivity index (χ3v) is 4.48. The Labute approximate surface area is 155 Å². The van der Waals surface area contributed by atoms with Gasteiger partial charge in [-0.1, -0.05) is 48.5 Å². The molecule has 0 aliphatic carbocycles. The fraction of sp³-hybridized carbons (Fsp3) is 0.0909. The molecule has 0 aliphatic rings. The standard InChI is InChI=1S/C22H17NO4/c1-26-21(24)16-11-12-20-18(13-16)17-9-5-6-10-19(17)23(20)22(25)27-14-15-7-3-2-4-8-15/h2-13H,14H2,1H3. The number of esters is 1. The second-order valence-electron chi connectivity index (χ2n) is 6.12. The van der Waals surface area contributed by atoms with Gasteiger partial charge in [-0.05, 0) is 29.8 Å². The van der Waals surface area contributed by atoms with Crippen LogP contribution in [0.15, 0.2) is 72.8 Å². The molecule has 134 valence electrons. The Morgan fingerprint density at radius 1 is 0.852 bits per heavy atom. The van der Waals surface area contributed by atoms with Crippen LogP contribution in [0.4, 0.5) is 4.79 Å². The Bertz CT molecular complexity index is 1150. The molecular formula is C22H17NO4. The molecule has 0 saturated carbocycles. The summed E-state index contributed by atoms with van der Waals surface area (Å²) in [6.45, 7) is 0.188. The molecule has 0 saturated heterocycles. The van der Waals surface area contributed by atoms with E-state index in [0.29, 0.717) is 11.1 Å². The smallest absolute Gasteiger partial charge is 0.419 e. The molecule has 0 radical (unpaired) electrons. The van der Waals surface area contributed by atoms with Gasteiger partial charge in [-0.15, -0.1) is 0 Å². The number of methoxy groups -OCH3 is 1. The Morgan fingerprint density at radius 2 is 1.56 bits per heavy atom. The Hall–Kier alpha value is -3.60. The molecule has 5 heteroatoms. The normalized spacial score (nSPS) is 10.9. The predicted octanol–water partition coefficient (Wildman–Crippen LogP) is 4.77. The number of fused-ring (bicyclic) bond motifs is 3. The van der Waals surface area contributed by atoms with Gasteiger partial charge in [0.2, 0.25) is 0 Å². The number of benzene rings is 3. The van der Waals surface area contributed by atoms with Gasteiger partial charge < -0.3 is 9.47 Å². The zero-order valence-corrected chi connectivity index (χ0v) is 14.7. The van der Waals surface area contributed by atoms with Gasteiger partial charge >= 0.3 is 12.1 Å². The van der Waals surface area contributed by atoms with Crippen LogP contribution in [0.2, 0.25) is 0 Å². The molecule has 0 spiro atoms. The molecule has 0 N–H and O–H groups in total. The van der Waals surface area contributed by atoms with Gasteiger partial charge in [-0.25, -0.2) is 14.2 Å². The maximum Gasteiger partial charge on any atom is 0.419 e. The highest BCUT2D eigenvalue weighted by Gasteiger charge is 2.18. The van der Waals surface area contributed by atoms with Gasteiger partial charge in [0.25, 0.3) is 0 Å². The van der Waals surface area contributed by atoms with Crippen molar-refractivity contribution in [3.63, 3.8) is 0 Å². The highest BCUT2D eigenvalue weighted by molar-refractivity contribution is 6.13. The van der Waals surface area contributed by atoms with Crippen LogP contribution in [0, 0.1) is 0 Å². The van der Waals surface area contributed by atoms with Crippen LogP contribution in [-0.2, 0) is 16.1 Å². The molecule has 0 aliphatic heterocycles. The summed E-state index contributed by atoms with van der Waals surface area (Å²) in [5, 5.41) is 1.67. The number of hydrogen-bond acceptors (Lipinski definition) is 4. The molecule has 5 nitrogen and oxygen atoms in total. The van der Waals surface area contributed by atoms with Crippen LogP contribution < -0.4 is 0 Å². The van der Waals surface area contributed by atoms with E-state index in [9.17, 15) is 9.59 Å². The monoisotopic (exact) mass is 359 g/mol. The fourth-order valence-corrected chi connectivity index (χ4v) is 3.20. The first-order valence-electron chi connectivity index (χ1n) is 8.51. The average Bonchev–Trinajstić information content (AvgIpc) is 3.06. The largest absolute Gasteiger partial charge is 0.465 e. The first kappa shape index (κ1) is 16.8. The summed E-state index contributed by atoms with van der Waals surface area (Å²) < 4.78 is 11.9. The van der Waals surface area contributed by atoms with Gasteiger partial charge in [-0.3, -0.25) is 0 Å². The minimum Gasteiger partial charge on any atom is -0.465 e. The maximum absolute atomic E-state index is 12.8. The van der Waals surface area contributed by atoms with Crippen LogP contribution in [0.1, 0.15) is 15.9 Å². The van der Waals surface area contributed by atoms with Crippen molar-refractivity contribution in [2.75, 3.05) is 7.11 Å². The SMILES string of the molecule is COC(=O)c1ccc2c(c1)c1ccccc1n2C(=O)OCc1ccccc1. The van der Waals surface area contributed by atoms with E-state index in [1.54, 1.807) is 18.2 Å². The average molecular weight is 359 g/mol. The predicted molar refractivity (Wildman–Crippen MR) is 103 cm³/mol. The Balaban J connectivity index is 1.79. The van der Waals surface area contributed by atoms with E-state index in [4.69, 9.17) is 9.47 Å². The Morgan fingerprint density at radius 3 is 2.33 bits per heavy atom. The first-order chi connectivity index (χ1) is 13.2. The lowest BCUT2D eigenvalue weighted by atomic mass is 10.1. The van der Waals surface area contributed by atoms with Crippen molar-refractivity contribution in [1.82, 2.24) is 4.57 Å². The van der Waals surface area contributed by atoms with Crippen LogP contribution in [-0.4, -0.2) is 23.7 Å². The lowest BCUT2D eigenvalue weighted by Crippen LogP contribution is -2.13. The lowest BCUT2D eigenvalue weighted by Gasteiger charge is -2.08. The van der Waals surface area contributed by atoms with Crippen molar-refractivity contribution >= 4 is 33.9 Å². The number of para-hydroxylation sites is 1. The molecule has 27 heavy (non-hydrogen) atoms. The summed E-state index contributed by atoms with van der Waals surface area (Å²) in [6.07, 6.45) is -0.462. The van der Waals surface area contributed by atoms with Crippen molar-refractivity contribution in [3.05, 3.63) is 83.9 Å². The second kappa shape index (κ2) is 6.96. The fourth-order valence-electron chi connectivity index (χ4n) is 3.20. The third kappa shape index (κ3) is 3.04. The Kier molecular flexibility index (Phi) is 4.34. The van der Waals surface area contributed by atoms with E-state index >= 15 is 0 Å². The summed E-state index contributed by atoms with van der Waals surface area (Å²) in [5.74, 6) is -0.416. The topological polar surface area (TPSA) is 57.5 Å². The molecule has 1 heterocycles. The van der Waals surface area contributed by atoms with Crippen molar-refractivity contribution < 1.29 is 19.1 Å². The quantitative estimate of drug-likeness (QED) is 0.495. The van der Waals surface area contributed by atoms with Gasteiger partial charge in [0.15, 0.2) is 0 Å². The molecule has 4 rings (SSSR count). The van der Waals surface area contributed by atoms with E-state index < -0.39 is 12.1 Å². The third-order valence-electron chi connectivity index (χ3n) is 4.48. The number of hydrogen-bond donors (Lipinski definition) is 0. The van der Waals surface area contributed by atoms with Gasteiger partial charge in [-0.2, -0.15) is 0 Å². The van der Waals surface area contributed by atoms with Crippen molar-refractivity contribution in [1.29, 1.82) is 0 Å². The van der Waals surface area contributed by atoms with E-state index in [2.05, 4.69) is 0 Å². The number of aromatic nitrogens is 1. The molecule has 4 aromatic rings. The lowest BCUT2D eigenvalue weighted by molar-refractivity contribution is 0.0601. The summed E-state index contributed by atoms with van der Waals surface area (Å²) in [4.78, 5) is 24.7. The van der Waals surface area contributed by atoms with Crippen molar-refractivity contribution in [2.24, 2.45) is 0 Å². The zero-order chi connectivity index (χ0) is 18.8. The molecule has 0 fully saturated rings. The molecule has 0 atom stereocenters.